The first-order valence-corrected chi connectivity index (χ1v) is 6.78. The van der Waals surface area contributed by atoms with Crippen molar-refractivity contribution in [2.45, 2.75) is 66.8 Å². The monoisotopic (exact) mass is 227 g/mol. The Kier molecular flexibility index (Phi) is 7.44. The molecule has 0 aromatic carbocycles. The second kappa shape index (κ2) is 7.70. The van der Waals surface area contributed by atoms with Crippen LogP contribution in [0.3, 0.4) is 0 Å². The summed E-state index contributed by atoms with van der Waals surface area (Å²) in [6, 6.07) is 0.295. The van der Waals surface area contributed by atoms with E-state index in [0.29, 0.717) is 17.9 Å². The van der Waals surface area contributed by atoms with Crippen molar-refractivity contribution in [2.24, 2.45) is 17.8 Å². The van der Waals surface area contributed by atoms with E-state index in [4.69, 9.17) is 0 Å². The van der Waals surface area contributed by atoms with Crippen LogP contribution >= 0.6 is 0 Å². The van der Waals surface area contributed by atoms with Gasteiger partial charge in [0.25, 0.3) is 0 Å². The third kappa shape index (κ3) is 4.54. The summed E-state index contributed by atoms with van der Waals surface area (Å²) in [5.41, 5.74) is 0. The lowest BCUT2D eigenvalue weighted by Gasteiger charge is -2.28. The van der Waals surface area contributed by atoms with Crippen LogP contribution in [0.4, 0.5) is 0 Å². The maximum absolute atomic E-state index is 12.2. The Balaban J connectivity index is 4.56. The highest BCUT2D eigenvalue weighted by atomic mass is 16.2. The van der Waals surface area contributed by atoms with E-state index in [2.05, 4.69) is 46.9 Å². The van der Waals surface area contributed by atoms with Crippen molar-refractivity contribution in [3.8, 4) is 0 Å². The molecule has 0 aromatic heterocycles. The average molecular weight is 227 g/mol. The fourth-order valence-corrected chi connectivity index (χ4v) is 2.03. The Morgan fingerprint density at radius 3 is 1.69 bits per heavy atom. The largest absolute Gasteiger partial charge is 0.353 e. The lowest BCUT2D eigenvalue weighted by molar-refractivity contribution is -0.129. The standard InChI is InChI=1S/C14H29NO/c1-7-10(4)13(11(5)8-2)14(16)15-12(6)9-3/h10-13H,7-9H2,1-6H3,(H,15,16). The summed E-state index contributed by atoms with van der Waals surface area (Å²) in [5.74, 6) is 1.36. The van der Waals surface area contributed by atoms with Crippen molar-refractivity contribution in [3.05, 3.63) is 0 Å². The molecule has 3 atom stereocenters. The van der Waals surface area contributed by atoms with Crippen molar-refractivity contribution in [3.63, 3.8) is 0 Å². The van der Waals surface area contributed by atoms with Gasteiger partial charge in [-0.15, -0.1) is 0 Å². The van der Waals surface area contributed by atoms with Crippen LogP contribution in [0.2, 0.25) is 0 Å². The molecular weight excluding hydrogens is 198 g/mol. The molecule has 0 aliphatic heterocycles. The number of carbonyl (C=O) groups is 1. The zero-order valence-corrected chi connectivity index (χ0v) is 11.8. The van der Waals surface area contributed by atoms with Crippen LogP contribution in [0.5, 0.6) is 0 Å². The van der Waals surface area contributed by atoms with Gasteiger partial charge in [0.05, 0.1) is 0 Å². The van der Waals surface area contributed by atoms with Crippen molar-refractivity contribution in [2.75, 3.05) is 0 Å². The van der Waals surface area contributed by atoms with Crippen molar-refractivity contribution in [1.29, 1.82) is 0 Å². The van der Waals surface area contributed by atoms with E-state index < -0.39 is 0 Å². The summed E-state index contributed by atoms with van der Waals surface area (Å²) in [6.07, 6.45) is 3.14. The lowest BCUT2D eigenvalue weighted by atomic mass is 9.80. The lowest BCUT2D eigenvalue weighted by Crippen LogP contribution is -2.41. The number of carbonyl (C=O) groups excluding carboxylic acids is 1. The van der Waals surface area contributed by atoms with Gasteiger partial charge in [0, 0.05) is 12.0 Å². The molecule has 0 saturated heterocycles. The van der Waals surface area contributed by atoms with Crippen LogP contribution < -0.4 is 5.32 Å². The van der Waals surface area contributed by atoms with E-state index in [9.17, 15) is 4.79 Å². The van der Waals surface area contributed by atoms with Gasteiger partial charge < -0.3 is 5.32 Å². The first kappa shape index (κ1) is 15.5. The average Bonchev–Trinajstić information content (AvgIpc) is 2.28. The minimum atomic E-state index is 0.170. The third-order valence-corrected chi connectivity index (χ3v) is 3.82. The number of rotatable bonds is 7. The molecule has 3 unspecified atom stereocenters. The zero-order valence-electron chi connectivity index (χ0n) is 11.8. The molecule has 0 rings (SSSR count). The summed E-state index contributed by atoms with van der Waals surface area (Å²) in [4.78, 5) is 12.2. The minimum absolute atomic E-state index is 0.170. The Morgan fingerprint density at radius 1 is 0.938 bits per heavy atom. The van der Waals surface area contributed by atoms with Gasteiger partial charge in [-0.1, -0.05) is 47.5 Å². The van der Waals surface area contributed by atoms with Gasteiger partial charge in [0.2, 0.25) is 5.91 Å². The summed E-state index contributed by atoms with van der Waals surface area (Å²) >= 11 is 0. The molecular formula is C14H29NO. The summed E-state index contributed by atoms with van der Waals surface area (Å²) in [7, 11) is 0. The van der Waals surface area contributed by atoms with Crippen LogP contribution in [0.25, 0.3) is 0 Å². The molecule has 1 amide bonds. The summed E-state index contributed by atoms with van der Waals surface area (Å²) in [5, 5.41) is 3.12. The minimum Gasteiger partial charge on any atom is -0.353 e. The Labute approximate surface area is 101 Å². The SMILES string of the molecule is CCC(C)NC(=O)C(C(C)CC)C(C)CC. The molecule has 0 spiro atoms. The van der Waals surface area contributed by atoms with E-state index in [1.807, 2.05) is 0 Å². The smallest absolute Gasteiger partial charge is 0.223 e. The third-order valence-electron chi connectivity index (χ3n) is 3.82. The first-order valence-electron chi connectivity index (χ1n) is 6.78. The van der Waals surface area contributed by atoms with Crippen LogP contribution in [0.15, 0.2) is 0 Å². The Bertz CT molecular complexity index is 193. The highest BCUT2D eigenvalue weighted by Crippen LogP contribution is 2.26. The predicted molar refractivity (Wildman–Crippen MR) is 70.3 cm³/mol. The molecule has 0 bridgehead atoms. The molecule has 0 aliphatic carbocycles. The van der Waals surface area contributed by atoms with Gasteiger partial charge in [0.15, 0.2) is 0 Å². The van der Waals surface area contributed by atoms with Gasteiger partial charge in [-0.2, -0.15) is 0 Å². The van der Waals surface area contributed by atoms with Gasteiger partial charge in [-0.25, -0.2) is 0 Å². The van der Waals surface area contributed by atoms with Crippen LogP contribution in [-0.2, 0) is 4.79 Å². The molecule has 2 heteroatoms. The maximum Gasteiger partial charge on any atom is 0.223 e. The van der Waals surface area contributed by atoms with Crippen molar-refractivity contribution < 1.29 is 4.79 Å². The van der Waals surface area contributed by atoms with Gasteiger partial charge in [-0.3, -0.25) is 4.79 Å². The highest BCUT2D eigenvalue weighted by Gasteiger charge is 2.28. The van der Waals surface area contributed by atoms with Crippen molar-refractivity contribution >= 4 is 5.91 Å². The highest BCUT2D eigenvalue weighted by molar-refractivity contribution is 5.79. The quantitative estimate of drug-likeness (QED) is 0.707. The van der Waals surface area contributed by atoms with E-state index in [-0.39, 0.29) is 11.8 Å². The molecule has 1 N–H and O–H groups in total. The summed E-state index contributed by atoms with van der Waals surface area (Å²) < 4.78 is 0. The molecule has 0 saturated carbocycles. The number of hydrogen-bond acceptors (Lipinski definition) is 1. The zero-order chi connectivity index (χ0) is 12.7. The van der Waals surface area contributed by atoms with E-state index in [1.165, 1.54) is 0 Å². The second-order valence-electron chi connectivity index (χ2n) is 5.11. The van der Waals surface area contributed by atoms with E-state index in [1.54, 1.807) is 0 Å². The number of hydrogen-bond donors (Lipinski definition) is 1. The van der Waals surface area contributed by atoms with Gasteiger partial charge in [0.1, 0.15) is 0 Å². The van der Waals surface area contributed by atoms with Crippen LogP contribution in [-0.4, -0.2) is 11.9 Å². The molecule has 0 fully saturated rings. The first-order chi connectivity index (χ1) is 7.47. The molecule has 0 heterocycles. The molecule has 96 valence electrons. The van der Waals surface area contributed by atoms with Crippen molar-refractivity contribution in [1.82, 2.24) is 5.32 Å². The Hall–Kier alpha value is -0.530. The topological polar surface area (TPSA) is 29.1 Å². The normalized spacial score (nSPS) is 18.6. The molecule has 0 aromatic rings. The van der Waals surface area contributed by atoms with Crippen LogP contribution in [0, 0.1) is 17.8 Å². The molecule has 16 heavy (non-hydrogen) atoms. The fourth-order valence-electron chi connectivity index (χ4n) is 2.03. The Morgan fingerprint density at radius 2 is 1.38 bits per heavy atom. The molecule has 2 nitrogen and oxygen atoms in total. The summed E-state index contributed by atoms with van der Waals surface area (Å²) in [6.45, 7) is 12.9. The molecule has 0 radical (unpaired) electrons. The fraction of sp³-hybridized carbons (Fsp3) is 0.929. The van der Waals surface area contributed by atoms with Gasteiger partial charge >= 0.3 is 0 Å². The van der Waals surface area contributed by atoms with Crippen LogP contribution in [0.1, 0.15) is 60.8 Å². The molecule has 0 aliphatic rings. The van der Waals surface area contributed by atoms with E-state index in [0.717, 1.165) is 19.3 Å². The van der Waals surface area contributed by atoms with Gasteiger partial charge in [-0.05, 0) is 25.2 Å². The number of amides is 1. The maximum atomic E-state index is 12.2. The second-order valence-corrected chi connectivity index (χ2v) is 5.11. The number of nitrogens with one attached hydrogen (secondary N) is 1. The predicted octanol–water partition coefficient (Wildman–Crippen LogP) is 3.61. The van der Waals surface area contributed by atoms with E-state index >= 15 is 0 Å².